The third-order valence-electron chi connectivity index (χ3n) is 1.61. The van der Waals surface area contributed by atoms with E-state index in [-0.39, 0.29) is 5.69 Å². The van der Waals surface area contributed by atoms with Crippen LogP contribution >= 0.6 is 11.3 Å². The summed E-state index contributed by atoms with van der Waals surface area (Å²) >= 11 is 1.47. The molecule has 0 atom stereocenters. The van der Waals surface area contributed by atoms with Crippen molar-refractivity contribution in [2.75, 3.05) is 0 Å². The molecule has 0 bridgehead atoms. The van der Waals surface area contributed by atoms with E-state index < -0.39 is 6.43 Å². The fourth-order valence-electron chi connectivity index (χ4n) is 0.999. The van der Waals surface area contributed by atoms with Gasteiger partial charge in [0.1, 0.15) is 11.4 Å². The number of nitrogens with one attached hydrogen (secondary N) is 1. The number of hydrogen-bond donors (Lipinski definition) is 1. The first-order chi connectivity index (χ1) is 6.27. The van der Waals surface area contributed by atoms with Crippen molar-refractivity contribution in [2.24, 2.45) is 0 Å². The minimum Gasteiger partial charge on any atom is -0.276 e. The van der Waals surface area contributed by atoms with Crippen molar-refractivity contribution in [1.82, 2.24) is 10.2 Å². The molecule has 0 saturated carbocycles. The van der Waals surface area contributed by atoms with E-state index in [1.54, 1.807) is 0 Å². The molecule has 0 aliphatic carbocycles. The molecule has 2 heterocycles. The number of hydrogen-bond acceptors (Lipinski definition) is 2. The Morgan fingerprint density at radius 1 is 1.46 bits per heavy atom. The molecule has 0 saturated heterocycles. The number of H-pyrrole nitrogens is 1. The van der Waals surface area contributed by atoms with Crippen LogP contribution in [-0.4, -0.2) is 10.2 Å². The highest BCUT2D eigenvalue weighted by molar-refractivity contribution is 7.13. The minimum atomic E-state index is -2.48. The van der Waals surface area contributed by atoms with Crippen LogP contribution in [-0.2, 0) is 0 Å². The van der Waals surface area contributed by atoms with E-state index in [2.05, 4.69) is 10.2 Å². The van der Waals surface area contributed by atoms with Crippen molar-refractivity contribution < 1.29 is 8.78 Å². The van der Waals surface area contributed by atoms with E-state index in [0.29, 0.717) is 5.69 Å². The molecule has 0 aromatic carbocycles. The smallest absolute Gasteiger partial charge is 0.276 e. The molecule has 2 nitrogen and oxygen atoms in total. The summed E-state index contributed by atoms with van der Waals surface area (Å²) in [6, 6.07) is 5.07. The van der Waals surface area contributed by atoms with Gasteiger partial charge < -0.3 is 0 Å². The summed E-state index contributed by atoms with van der Waals surface area (Å²) in [5.74, 6) is 0. The quantitative estimate of drug-likeness (QED) is 0.792. The van der Waals surface area contributed by atoms with Gasteiger partial charge in [0.05, 0.1) is 4.88 Å². The Kier molecular flexibility index (Phi) is 2.10. The molecule has 2 aromatic heterocycles. The lowest BCUT2D eigenvalue weighted by Gasteiger charge is -1.88. The normalized spacial score (nSPS) is 11.0. The van der Waals surface area contributed by atoms with Gasteiger partial charge in [0.2, 0.25) is 0 Å². The summed E-state index contributed by atoms with van der Waals surface area (Å²) in [6.07, 6.45) is -2.48. The zero-order valence-electron chi connectivity index (χ0n) is 6.50. The first-order valence-corrected chi connectivity index (χ1v) is 4.52. The molecule has 2 rings (SSSR count). The van der Waals surface area contributed by atoms with Crippen LogP contribution < -0.4 is 0 Å². The van der Waals surface area contributed by atoms with Crippen molar-refractivity contribution in [1.29, 1.82) is 0 Å². The fraction of sp³-hybridized carbons (Fsp3) is 0.125. The number of alkyl halides is 2. The molecular weight excluding hydrogens is 194 g/mol. The summed E-state index contributed by atoms with van der Waals surface area (Å²) in [5, 5.41) is 7.97. The maximum absolute atomic E-state index is 12.2. The van der Waals surface area contributed by atoms with Crippen LogP contribution in [0.1, 0.15) is 12.1 Å². The summed E-state index contributed by atoms with van der Waals surface area (Å²) in [6.45, 7) is 0. The molecule has 0 unspecified atom stereocenters. The Labute approximate surface area is 77.2 Å². The van der Waals surface area contributed by atoms with Gasteiger partial charge in [-0.2, -0.15) is 5.10 Å². The van der Waals surface area contributed by atoms with Crippen LogP contribution in [0.4, 0.5) is 8.78 Å². The van der Waals surface area contributed by atoms with Crippen LogP contribution in [0.2, 0.25) is 0 Å². The molecule has 0 aliphatic heterocycles. The van der Waals surface area contributed by atoms with Crippen molar-refractivity contribution in [3.63, 3.8) is 0 Å². The summed E-state index contributed by atoms with van der Waals surface area (Å²) in [5.41, 5.74) is 0.439. The molecule has 1 N–H and O–H groups in total. The zero-order chi connectivity index (χ0) is 9.26. The monoisotopic (exact) mass is 200 g/mol. The Balaban J connectivity index is 2.33. The maximum Gasteiger partial charge on any atom is 0.279 e. The largest absolute Gasteiger partial charge is 0.279 e. The number of rotatable bonds is 2. The van der Waals surface area contributed by atoms with E-state index in [1.165, 1.54) is 17.4 Å². The van der Waals surface area contributed by atoms with Gasteiger partial charge in [-0.1, -0.05) is 6.07 Å². The average Bonchev–Trinajstić information content (AvgIpc) is 2.75. The molecule has 0 fully saturated rings. The topological polar surface area (TPSA) is 28.7 Å². The van der Waals surface area contributed by atoms with E-state index in [9.17, 15) is 8.78 Å². The molecule has 0 amide bonds. The van der Waals surface area contributed by atoms with Crippen LogP contribution in [0.25, 0.3) is 10.6 Å². The lowest BCUT2D eigenvalue weighted by Crippen LogP contribution is -1.81. The average molecular weight is 200 g/mol. The van der Waals surface area contributed by atoms with Gasteiger partial charge in [-0.05, 0) is 17.5 Å². The second-order valence-electron chi connectivity index (χ2n) is 2.49. The molecule has 13 heavy (non-hydrogen) atoms. The van der Waals surface area contributed by atoms with Crippen molar-refractivity contribution in [3.8, 4) is 10.6 Å². The molecule has 0 spiro atoms. The van der Waals surface area contributed by atoms with E-state index in [0.717, 1.165) is 4.88 Å². The van der Waals surface area contributed by atoms with Gasteiger partial charge in [0.25, 0.3) is 6.43 Å². The predicted molar refractivity (Wildman–Crippen MR) is 46.9 cm³/mol. The molecule has 0 aliphatic rings. The van der Waals surface area contributed by atoms with Crippen molar-refractivity contribution in [2.45, 2.75) is 6.43 Å². The molecule has 0 radical (unpaired) electrons. The van der Waals surface area contributed by atoms with E-state index in [1.807, 2.05) is 17.5 Å². The van der Waals surface area contributed by atoms with Gasteiger partial charge in [-0.3, -0.25) is 5.10 Å². The van der Waals surface area contributed by atoms with Crippen LogP contribution in [0.15, 0.2) is 23.6 Å². The van der Waals surface area contributed by atoms with Gasteiger partial charge in [0.15, 0.2) is 0 Å². The zero-order valence-corrected chi connectivity index (χ0v) is 7.31. The number of thiophene rings is 1. The number of halogens is 2. The first-order valence-electron chi connectivity index (χ1n) is 3.64. The van der Waals surface area contributed by atoms with Crippen LogP contribution in [0.3, 0.4) is 0 Å². The minimum absolute atomic E-state index is 0.136. The first kappa shape index (κ1) is 8.37. The van der Waals surface area contributed by atoms with Crippen molar-refractivity contribution >= 4 is 11.3 Å². The van der Waals surface area contributed by atoms with Gasteiger partial charge >= 0.3 is 0 Å². The van der Waals surface area contributed by atoms with Crippen LogP contribution in [0.5, 0.6) is 0 Å². The standard InChI is InChI=1S/C8H6F2N2S/c9-8(10)6-4-5(11-12-6)7-2-1-3-13-7/h1-4,8H,(H,11,12). The van der Waals surface area contributed by atoms with Gasteiger partial charge in [-0.15, -0.1) is 11.3 Å². The lowest BCUT2D eigenvalue weighted by atomic mass is 10.3. The Morgan fingerprint density at radius 3 is 2.85 bits per heavy atom. The van der Waals surface area contributed by atoms with Gasteiger partial charge in [-0.25, -0.2) is 8.78 Å². The maximum atomic E-state index is 12.2. The highest BCUT2D eigenvalue weighted by atomic mass is 32.1. The Morgan fingerprint density at radius 2 is 2.31 bits per heavy atom. The third-order valence-corrected chi connectivity index (χ3v) is 2.50. The Bertz CT molecular complexity index is 381. The van der Waals surface area contributed by atoms with E-state index >= 15 is 0 Å². The summed E-state index contributed by atoms with van der Waals surface area (Å²) < 4.78 is 24.3. The Hall–Kier alpha value is -1.23. The molecular formula is C8H6F2N2S. The number of aromatic nitrogens is 2. The summed E-state index contributed by atoms with van der Waals surface area (Å²) in [7, 11) is 0. The lowest BCUT2D eigenvalue weighted by molar-refractivity contribution is 0.146. The highest BCUT2D eigenvalue weighted by Gasteiger charge is 2.11. The molecule has 68 valence electrons. The number of aromatic amines is 1. The van der Waals surface area contributed by atoms with Gasteiger partial charge in [0, 0.05) is 0 Å². The third kappa shape index (κ3) is 1.60. The second-order valence-corrected chi connectivity index (χ2v) is 3.43. The summed E-state index contributed by atoms with van der Waals surface area (Å²) in [4.78, 5) is 0.892. The van der Waals surface area contributed by atoms with Crippen LogP contribution in [0, 0.1) is 0 Å². The number of nitrogens with zero attached hydrogens (tertiary/aromatic N) is 1. The molecule has 5 heteroatoms. The highest BCUT2D eigenvalue weighted by Crippen LogP contribution is 2.26. The second kappa shape index (κ2) is 3.26. The SMILES string of the molecule is FC(F)c1cc(-c2cccs2)n[nH]1. The fourth-order valence-corrected chi connectivity index (χ4v) is 1.69. The van der Waals surface area contributed by atoms with Crippen molar-refractivity contribution in [3.05, 3.63) is 29.3 Å². The van der Waals surface area contributed by atoms with E-state index in [4.69, 9.17) is 0 Å². The molecule has 2 aromatic rings. The predicted octanol–water partition coefficient (Wildman–Crippen LogP) is 3.08.